The molecule has 1 aliphatic rings. The largest absolute Gasteiger partial charge is 0.325 e. The third kappa shape index (κ3) is 3.72. The number of anilines is 1. The molecule has 122 valence electrons. The van der Waals surface area contributed by atoms with E-state index in [-0.39, 0.29) is 17.0 Å². The van der Waals surface area contributed by atoms with E-state index in [1.807, 2.05) is 6.92 Å². The van der Waals surface area contributed by atoms with Gasteiger partial charge < -0.3 is 9.88 Å². The van der Waals surface area contributed by atoms with Gasteiger partial charge in [0, 0.05) is 18.2 Å². The SMILES string of the molecule is CCn1c(SC(C)C(=O)Nc2cccc(F)c2)nnc1C1CC1. The Kier molecular flexibility index (Phi) is 4.66. The minimum Gasteiger partial charge on any atom is -0.325 e. The quantitative estimate of drug-likeness (QED) is 0.822. The molecule has 1 aromatic heterocycles. The molecule has 1 heterocycles. The second-order valence-electron chi connectivity index (χ2n) is 5.62. The Morgan fingerprint density at radius 3 is 2.91 bits per heavy atom. The molecule has 2 aromatic rings. The van der Waals surface area contributed by atoms with Crippen molar-refractivity contribution in [2.24, 2.45) is 0 Å². The highest BCUT2D eigenvalue weighted by Crippen LogP contribution is 2.40. The molecule has 1 amide bonds. The Balaban J connectivity index is 1.66. The molecule has 1 atom stereocenters. The topological polar surface area (TPSA) is 59.8 Å². The average Bonchev–Trinajstić information content (AvgIpc) is 3.28. The van der Waals surface area contributed by atoms with Gasteiger partial charge in [0.15, 0.2) is 5.16 Å². The monoisotopic (exact) mass is 334 g/mol. The van der Waals surface area contributed by atoms with Gasteiger partial charge in [0.1, 0.15) is 11.6 Å². The highest BCUT2D eigenvalue weighted by atomic mass is 32.2. The van der Waals surface area contributed by atoms with E-state index in [9.17, 15) is 9.18 Å². The molecule has 0 bridgehead atoms. The van der Waals surface area contributed by atoms with E-state index >= 15 is 0 Å². The third-order valence-electron chi connectivity index (χ3n) is 3.75. The Bertz CT molecular complexity index is 714. The molecule has 1 unspecified atom stereocenters. The minimum absolute atomic E-state index is 0.181. The summed E-state index contributed by atoms with van der Waals surface area (Å²) >= 11 is 1.38. The van der Waals surface area contributed by atoms with Crippen molar-refractivity contribution in [2.75, 3.05) is 5.32 Å². The molecule has 23 heavy (non-hydrogen) atoms. The summed E-state index contributed by atoms with van der Waals surface area (Å²) in [5.41, 5.74) is 0.457. The van der Waals surface area contributed by atoms with Gasteiger partial charge in [0.25, 0.3) is 0 Å². The Labute approximate surface area is 138 Å². The van der Waals surface area contributed by atoms with Gasteiger partial charge in [0.05, 0.1) is 5.25 Å². The predicted octanol–water partition coefficient (Wildman–Crippen LogP) is 3.43. The fraction of sp³-hybridized carbons (Fsp3) is 0.438. The van der Waals surface area contributed by atoms with E-state index in [4.69, 9.17) is 0 Å². The molecule has 1 fully saturated rings. The first-order valence-electron chi connectivity index (χ1n) is 7.74. The number of benzene rings is 1. The van der Waals surface area contributed by atoms with Crippen molar-refractivity contribution in [2.45, 2.75) is 49.6 Å². The van der Waals surface area contributed by atoms with Crippen molar-refractivity contribution in [1.82, 2.24) is 14.8 Å². The number of carbonyl (C=O) groups excluding carboxylic acids is 1. The van der Waals surface area contributed by atoms with Crippen LogP contribution in [0.25, 0.3) is 0 Å². The maximum Gasteiger partial charge on any atom is 0.237 e. The van der Waals surface area contributed by atoms with Gasteiger partial charge in [-0.3, -0.25) is 4.79 Å². The van der Waals surface area contributed by atoms with Gasteiger partial charge in [-0.1, -0.05) is 17.8 Å². The van der Waals surface area contributed by atoms with Gasteiger partial charge in [-0.05, 0) is 44.9 Å². The standard InChI is InChI=1S/C16H19FN4OS/c1-3-21-14(11-7-8-11)19-20-16(21)23-10(2)15(22)18-13-6-4-5-12(17)9-13/h4-6,9-11H,3,7-8H2,1-2H3,(H,18,22). The van der Waals surface area contributed by atoms with E-state index in [2.05, 4.69) is 27.0 Å². The molecule has 0 spiro atoms. The maximum absolute atomic E-state index is 13.2. The van der Waals surface area contributed by atoms with Crippen molar-refractivity contribution in [1.29, 1.82) is 0 Å². The molecule has 1 aromatic carbocycles. The molecule has 1 N–H and O–H groups in total. The number of carbonyl (C=O) groups is 1. The summed E-state index contributed by atoms with van der Waals surface area (Å²) in [6.45, 7) is 4.65. The molecule has 0 aliphatic heterocycles. The molecular weight excluding hydrogens is 315 g/mol. The number of halogens is 1. The lowest BCUT2D eigenvalue weighted by Crippen LogP contribution is -2.23. The summed E-state index contributed by atoms with van der Waals surface area (Å²) in [4.78, 5) is 12.3. The van der Waals surface area contributed by atoms with Crippen molar-refractivity contribution in [3.05, 3.63) is 35.9 Å². The van der Waals surface area contributed by atoms with Crippen LogP contribution in [-0.4, -0.2) is 25.9 Å². The van der Waals surface area contributed by atoms with Crippen LogP contribution in [0.3, 0.4) is 0 Å². The minimum atomic E-state index is -0.372. The number of amides is 1. The zero-order chi connectivity index (χ0) is 16.4. The van der Waals surface area contributed by atoms with E-state index in [1.165, 1.54) is 36.7 Å². The fourth-order valence-corrected chi connectivity index (χ4v) is 3.27. The molecule has 3 rings (SSSR count). The first kappa shape index (κ1) is 16.0. The number of rotatable bonds is 6. The summed E-state index contributed by atoms with van der Waals surface area (Å²) in [6, 6.07) is 5.88. The molecule has 7 heteroatoms. The second kappa shape index (κ2) is 6.70. The van der Waals surface area contributed by atoms with Gasteiger partial charge in [0.2, 0.25) is 5.91 Å². The van der Waals surface area contributed by atoms with E-state index in [0.29, 0.717) is 11.6 Å². The summed E-state index contributed by atoms with van der Waals surface area (Å²) in [7, 11) is 0. The van der Waals surface area contributed by atoms with Gasteiger partial charge in [-0.25, -0.2) is 4.39 Å². The van der Waals surface area contributed by atoms with Crippen LogP contribution in [0.15, 0.2) is 29.4 Å². The lowest BCUT2D eigenvalue weighted by atomic mass is 10.3. The van der Waals surface area contributed by atoms with Crippen LogP contribution in [0.5, 0.6) is 0 Å². The number of thioether (sulfide) groups is 1. The van der Waals surface area contributed by atoms with Crippen molar-refractivity contribution in [3.8, 4) is 0 Å². The van der Waals surface area contributed by atoms with Crippen molar-refractivity contribution in [3.63, 3.8) is 0 Å². The summed E-state index contributed by atoms with van der Waals surface area (Å²) in [5, 5.41) is 11.6. The number of hydrogen-bond donors (Lipinski definition) is 1. The maximum atomic E-state index is 13.2. The molecule has 1 saturated carbocycles. The van der Waals surface area contributed by atoms with E-state index in [0.717, 1.165) is 17.5 Å². The molecule has 0 radical (unpaired) electrons. The van der Waals surface area contributed by atoms with Crippen molar-refractivity contribution >= 4 is 23.4 Å². The second-order valence-corrected chi connectivity index (χ2v) is 6.93. The Morgan fingerprint density at radius 1 is 1.48 bits per heavy atom. The first-order chi connectivity index (χ1) is 11.1. The van der Waals surface area contributed by atoms with Crippen LogP contribution in [-0.2, 0) is 11.3 Å². The van der Waals surface area contributed by atoms with Gasteiger partial charge in [-0.2, -0.15) is 0 Å². The van der Waals surface area contributed by atoms with Crippen molar-refractivity contribution < 1.29 is 9.18 Å². The first-order valence-corrected chi connectivity index (χ1v) is 8.62. The number of aromatic nitrogens is 3. The normalized spacial score (nSPS) is 15.4. The highest BCUT2D eigenvalue weighted by Gasteiger charge is 2.30. The Hall–Kier alpha value is -1.89. The predicted molar refractivity (Wildman–Crippen MR) is 88.0 cm³/mol. The number of nitrogens with zero attached hydrogens (tertiary/aromatic N) is 3. The van der Waals surface area contributed by atoms with Crippen LogP contribution in [0.4, 0.5) is 10.1 Å². The fourth-order valence-electron chi connectivity index (χ4n) is 2.35. The molecule has 1 aliphatic carbocycles. The zero-order valence-corrected chi connectivity index (χ0v) is 13.9. The zero-order valence-electron chi connectivity index (χ0n) is 13.1. The highest BCUT2D eigenvalue weighted by molar-refractivity contribution is 8.00. The smallest absolute Gasteiger partial charge is 0.237 e. The lowest BCUT2D eigenvalue weighted by Gasteiger charge is -2.12. The molecular formula is C16H19FN4OS. The Morgan fingerprint density at radius 2 is 2.26 bits per heavy atom. The van der Waals surface area contributed by atoms with Crippen LogP contribution in [0.1, 0.15) is 38.4 Å². The summed E-state index contributed by atoms with van der Waals surface area (Å²) in [6.07, 6.45) is 2.33. The van der Waals surface area contributed by atoms with Gasteiger partial charge >= 0.3 is 0 Å². The van der Waals surface area contributed by atoms with Crippen LogP contribution in [0, 0.1) is 5.82 Å². The summed E-state index contributed by atoms with van der Waals surface area (Å²) in [5.74, 6) is 0.989. The third-order valence-corrected chi connectivity index (χ3v) is 4.83. The van der Waals surface area contributed by atoms with Gasteiger partial charge in [-0.15, -0.1) is 10.2 Å². The number of hydrogen-bond acceptors (Lipinski definition) is 4. The van der Waals surface area contributed by atoms with E-state index < -0.39 is 0 Å². The summed E-state index contributed by atoms with van der Waals surface area (Å²) < 4.78 is 15.2. The van der Waals surface area contributed by atoms with Crippen LogP contribution < -0.4 is 5.32 Å². The van der Waals surface area contributed by atoms with Crippen LogP contribution >= 0.6 is 11.8 Å². The average molecular weight is 334 g/mol. The number of nitrogens with one attached hydrogen (secondary N) is 1. The molecule has 5 nitrogen and oxygen atoms in total. The van der Waals surface area contributed by atoms with E-state index in [1.54, 1.807) is 12.1 Å². The van der Waals surface area contributed by atoms with Crippen LogP contribution in [0.2, 0.25) is 0 Å². The molecule has 0 saturated heterocycles. The lowest BCUT2D eigenvalue weighted by molar-refractivity contribution is -0.115.